The van der Waals surface area contributed by atoms with Crippen LogP contribution in [0.25, 0.3) is 16.8 Å². The van der Waals surface area contributed by atoms with E-state index in [0.717, 1.165) is 43.0 Å². The highest BCUT2D eigenvalue weighted by Crippen LogP contribution is 2.27. The first-order valence-corrected chi connectivity index (χ1v) is 13.2. The van der Waals surface area contributed by atoms with Crippen molar-refractivity contribution < 1.29 is 9.53 Å². The molecule has 1 aromatic heterocycles. The Bertz CT molecular complexity index is 1190. The topological polar surface area (TPSA) is 78.2 Å². The second-order valence-corrected chi connectivity index (χ2v) is 9.75. The van der Waals surface area contributed by atoms with Crippen molar-refractivity contribution in [1.82, 2.24) is 9.88 Å². The number of nitrogens with one attached hydrogen (secondary N) is 1. The Morgan fingerprint density at radius 2 is 1.83 bits per heavy atom. The van der Waals surface area contributed by atoms with E-state index in [1.54, 1.807) is 30.5 Å². The lowest BCUT2D eigenvalue weighted by Gasteiger charge is -2.17. The van der Waals surface area contributed by atoms with Gasteiger partial charge in [-0.3, -0.25) is 0 Å². The molecule has 36 heavy (non-hydrogen) atoms. The number of thiazole rings is 1. The zero-order chi connectivity index (χ0) is 25.9. The average Bonchev–Trinajstić information content (AvgIpc) is 3.37. The van der Waals surface area contributed by atoms with Gasteiger partial charge in [0, 0.05) is 29.4 Å². The summed E-state index contributed by atoms with van der Waals surface area (Å²) in [5.41, 5.74) is 4.91. The SMILES string of the molecule is CCN(CC)CCOC(=O)c1ccc(N/C=C(/C#N)c2nc(-c3ccc(CC(C)C)cc3)cs2)cc1. The molecule has 188 valence electrons. The number of hydrogen-bond donors (Lipinski definition) is 1. The Hall–Kier alpha value is -3.47. The molecule has 0 aliphatic carbocycles. The minimum absolute atomic E-state index is 0.338. The maximum Gasteiger partial charge on any atom is 0.338 e. The number of benzene rings is 2. The minimum Gasteiger partial charge on any atom is -0.461 e. The van der Waals surface area contributed by atoms with Crippen LogP contribution in [0.5, 0.6) is 0 Å². The van der Waals surface area contributed by atoms with Gasteiger partial charge >= 0.3 is 5.97 Å². The fourth-order valence-electron chi connectivity index (χ4n) is 3.70. The molecule has 1 N–H and O–H groups in total. The predicted octanol–water partition coefficient (Wildman–Crippen LogP) is 6.48. The zero-order valence-electron chi connectivity index (χ0n) is 21.5. The molecule has 3 rings (SSSR count). The van der Waals surface area contributed by atoms with Crippen LogP contribution in [0, 0.1) is 17.2 Å². The van der Waals surface area contributed by atoms with E-state index in [0.29, 0.717) is 28.7 Å². The Morgan fingerprint density at radius 3 is 2.44 bits per heavy atom. The number of allylic oxidation sites excluding steroid dienone is 1. The fraction of sp³-hybridized carbons (Fsp3) is 0.345. The second-order valence-electron chi connectivity index (χ2n) is 8.89. The van der Waals surface area contributed by atoms with Crippen molar-refractivity contribution in [3.05, 3.63) is 76.2 Å². The van der Waals surface area contributed by atoms with Crippen LogP contribution in [0.2, 0.25) is 0 Å². The first-order chi connectivity index (χ1) is 17.4. The molecule has 0 saturated carbocycles. The Kier molecular flexibility index (Phi) is 10.2. The Balaban J connectivity index is 1.59. The number of nitrogens with zero attached hydrogens (tertiary/aromatic N) is 3. The molecule has 0 saturated heterocycles. The molecule has 0 amide bonds. The summed E-state index contributed by atoms with van der Waals surface area (Å²) in [5.74, 6) is 0.277. The van der Waals surface area contributed by atoms with Crippen LogP contribution >= 0.6 is 11.3 Å². The molecular weight excluding hydrogens is 468 g/mol. The van der Waals surface area contributed by atoms with Crippen molar-refractivity contribution in [2.75, 3.05) is 31.6 Å². The highest BCUT2D eigenvalue weighted by Gasteiger charge is 2.11. The molecule has 0 aliphatic rings. The standard InChI is InChI=1S/C29H34N4O2S/c1-5-33(6-2)15-16-35-29(34)24-11-13-26(14-12-24)31-19-25(18-30)28-32-27(20-36-28)23-9-7-22(8-10-23)17-21(3)4/h7-14,19-21,31H,5-6,15-17H2,1-4H3/b25-19-. The maximum absolute atomic E-state index is 12.3. The summed E-state index contributed by atoms with van der Waals surface area (Å²) in [5, 5.41) is 15.4. The molecule has 2 aromatic carbocycles. The average molecular weight is 503 g/mol. The van der Waals surface area contributed by atoms with Crippen LogP contribution in [0.3, 0.4) is 0 Å². The molecule has 1 heterocycles. The third kappa shape index (κ3) is 7.77. The van der Waals surface area contributed by atoms with Gasteiger partial charge in [0.2, 0.25) is 0 Å². The third-order valence-electron chi connectivity index (χ3n) is 5.79. The molecule has 0 aliphatic heterocycles. The third-order valence-corrected chi connectivity index (χ3v) is 6.66. The first-order valence-electron chi connectivity index (χ1n) is 12.3. The van der Waals surface area contributed by atoms with Crippen LogP contribution in [0.15, 0.2) is 60.1 Å². The maximum atomic E-state index is 12.3. The number of nitriles is 1. The van der Waals surface area contributed by atoms with Gasteiger partial charge in [-0.15, -0.1) is 11.3 Å². The Morgan fingerprint density at radius 1 is 1.14 bits per heavy atom. The van der Waals surface area contributed by atoms with E-state index < -0.39 is 0 Å². The molecule has 0 atom stereocenters. The van der Waals surface area contributed by atoms with Gasteiger partial charge in [0.05, 0.1) is 11.3 Å². The summed E-state index contributed by atoms with van der Waals surface area (Å²) < 4.78 is 5.37. The van der Waals surface area contributed by atoms with E-state index in [9.17, 15) is 10.1 Å². The molecule has 0 bridgehead atoms. The number of rotatable bonds is 12. The van der Waals surface area contributed by atoms with Crippen molar-refractivity contribution in [1.29, 1.82) is 5.26 Å². The summed E-state index contributed by atoms with van der Waals surface area (Å²) >= 11 is 1.44. The smallest absolute Gasteiger partial charge is 0.338 e. The van der Waals surface area contributed by atoms with Crippen LogP contribution in [-0.2, 0) is 11.2 Å². The number of anilines is 1. The van der Waals surface area contributed by atoms with Crippen LogP contribution in [-0.4, -0.2) is 42.1 Å². The normalized spacial score (nSPS) is 11.5. The fourth-order valence-corrected chi connectivity index (χ4v) is 4.50. The van der Waals surface area contributed by atoms with E-state index in [-0.39, 0.29) is 5.97 Å². The summed E-state index contributed by atoms with van der Waals surface area (Å²) in [7, 11) is 0. The summed E-state index contributed by atoms with van der Waals surface area (Å²) in [6, 6.07) is 17.7. The Labute approximate surface area is 218 Å². The van der Waals surface area contributed by atoms with E-state index in [1.165, 1.54) is 16.9 Å². The second kappa shape index (κ2) is 13.6. The van der Waals surface area contributed by atoms with Crippen molar-refractivity contribution in [3.8, 4) is 17.3 Å². The molecule has 0 radical (unpaired) electrons. The minimum atomic E-state index is -0.338. The lowest BCUT2D eigenvalue weighted by molar-refractivity contribution is 0.0466. The highest BCUT2D eigenvalue weighted by atomic mass is 32.1. The van der Waals surface area contributed by atoms with Gasteiger partial charge in [-0.2, -0.15) is 5.26 Å². The van der Waals surface area contributed by atoms with Gasteiger partial charge < -0.3 is 15.0 Å². The monoisotopic (exact) mass is 502 g/mol. The zero-order valence-corrected chi connectivity index (χ0v) is 22.3. The number of esters is 1. The summed E-state index contributed by atoms with van der Waals surface area (Å²) in [6.45, 7) is 11.5. The van der Waals surface area contributed by atoms with Gasteiger partial charge in [-0.1, -0.05) is 52.0 Å². The van der Waals surface area contributed by atoms with Crippen molar-refractivity contribution in [2.24, 2.45) is 5.92 Å². The van der Waals surface area contributed by atoms with Crippen LogP contribution in [0.1, 0.15) is 48.6 Å². The van der Waals surface area contributed by atoms with Crippen molar-refractivity contribution in [2.45, 2.75) is 34.1 Å². The van der Waals surface area contributed by atoms with Crippen LogP contribution in [0.4, 0.5) is 5.69 Å². The number of carbonyl (C=O) groups is 1. The van der Waals surface area contributed by atoms with Gasteiger partial charge in [-0.05, 0) is 55.3 Å². The molecule has 0 spiro atoms. The largest absolute Gasteiger partial charge is 0.461 e. The van der Waals surface area contributed by atoms with E-state index >= 15 is 0 Å². The highest BCUT2D eigenvalue weighted by molar-refractivity contribution is 7.11. The van der Waals surface area contributed by atoms with Crippen molar-refractivity contribution >= 4 is 28.6 Å². The van der Waals surface area contributed by atoms with Gasteiger partial charge in [0.15, 0.2) is 0 Å². The predicted molar refractivity (Wildman–Crippen MR) is 148 cm³/mol. The van der Waals surface area contributed by atoms with Gasteiger partial charge in [-0.25, -0.2) is 9.78 Å². The van der Waals surface area contributed by atoms with E-state index in [1.807, 2.05) is 5.38 Å². The number of ether oxygens (including phenoxy) is 1. The number of aromatic nitrogens is 1. The lowest BCUT2D eigenvalue weighted by Crippen LogP contribution is -2.27. The molecule has 3 aromatic rings. The van der Waals surface area contributed by atoms with E-state index in [4.69, 9.17) is 4.74 Å². The summed E-state index contributed by atoms with van der Waals surface area (Å²) in [4.78, 5) is 19.1. The lowest BCUT2D eigenvalue weighted by atomic mass is 10.0. The number of likely N-dealkylation sites (N-methyl/N-ethyl adjacent to an activating group) is 1. The molecule has 7 heteroatoms. The first kappa shape index (κ1) is 27.1. The number of hydrogen-bond acceptors (Lipinski definition) is 7. The van der Waals surface area contributed by atoms with Gasteiger partial charge in [0.25, 0.3) is 0 Å². The molecule has 0 unspecified atom stereocenters. The van der Waals surface area contributed by atoms with Gasteiger partial charge in [0.1, 0.15) is 23.3 Å². The number of carbonyl (C=O) groups excluding carboxylic acids is 1. The van der Waals surface area contributed by atoms with Crippen LogP contribution < -0.4 is 5.32 Å². The molecule has 0 fully saturated rings. The molecular formula is C29H34N4O2S. The summed E-state index contributed by atoms with van der Waals surface area (Å²) in [6.07, 6.45) is 2.69. The quantitative estimate of drug-likeness (QED) is 0.225. The van der Waals surface area contributed by atoms with Crippen molar-refractivity contribution in [3.63, 3.8) is 0 Å². The van der Waals surface area contributed by atoms with E-state index in [2.05, 4.69) is 73.2 Å². The molecule has 6 nitrogen and oxygen atoms in total.